The molecule has 0 aliphatic carbocycles. The fourth-order valence-electron chi connectivity index (χ4n) is 4.79. The molecule has 0 unspecified atom stereocenters. The van der Waals surface area contributed by atoms with E-state index in [0.29, 0.717) is 12.8 Å². The second-order valence-corrected chi connectivity index (χ2v) is 12.8. The van der Waals surface area contributed by atoms with E-state index < -0.39 is 47.6 Å². The van der Waals surface area contributed by atoms with Crippen LogP contribution in [0.1, 0.15) is 64.2 Å². The van der Waals surface area contributed by atoms with Crippen molar-refractivity contribution >= 4 is 23.9 Å². The van der Waals surface area contributed by atoms with E-state index in [0.717, 1.165) is 16.7 Å². The van der Waals surface area contributed by atoms with Crippen LogP contribution in [-0.4, -0.2) is 47.6 Å². The Bertz CT molecular complexity index is 1390. The van der Waals surface area contributed by atoms with Gasteiger partial charge < -0.3 is 25.4 Å². The number of benzene rings is 3. The molecule has 0 bridgehead atoms. The van der Waals surface area contributed by atoms with Crippen molar-refractivity contribution < 1.29 is 28.7 Å². The van der Waals surface area contributed by atoms with Crippen LogP contribution >= 0.6 is 0 Å². The first-order valence-electron chi connectivity index (χ1n) is 15.8. The van der Waals surface area contributed by atoms with Crippen molar-refractivity contribution in [1.29, 1.82) is 0 Å². The molecule has 46 heavy (non-hydrogen) atoms. The van der Waals surface area contributed by atoms with Gasteiger partial charge in [0.2, 0.25) is 11.8 Å². The lowest BCUT2D eigenvalue weighted by molar-refractivity contribution is -0.149. The van der Waals surface area contributed by atoms with Crippen LogP contribution in [0.3, 0.4) is 0 Å². The molecule has 3 rings (SSSR count). The number of carbonyl (C=O) groups is 4. The predicted octanol–water partition coefficient (Wildman–Crippen LogP) is 5.51. The summed E-state index contributed by atoms with van der Waals surface area (Å²) in [6.45, 7) is 9.16. The van der Waals surface area contributed by atoms with E-state index in [2.05, 4.69) is 16.0 Å². The maximum atomic E-state index is 13.8. The van der Waals surface area contributed by atoms with Gasteiger partial charge in [-0.3, -0.25) is 9.59 Å². The van der Waals surface area contributed by atoms with Gasteiger partial charge in [0, 0.05) is 6.42 Å². The van der Waals surface area contributed by atoms with E-state index in [4.69, 9.17) is 9.47 Å². The quantitative estimate of drug-likeness (QED) is 0.191. The molecule has 0 aromatic heterocycles. The first-order chi connectivity index (χ1) is 21.9. The van der Waals surface area contributed by atoms with Crippen molar-refractivity contribution in [2.24, 2.45) is 5.92 Å². The third-order valence-electron chi connectivity index (χ3n) is 7.02. The second-order valence-electron chi connectivity index (χ2n) is 12.8. The number of aryl methyl sites for hydroxylation is 1. The monoisotopic (exact) mass is 629 g/mol. The zero-order valence-electron chi connectivity index (χ0n) is 27.5. The van der Waals surface area contributed by atoms with Gasteiger partial charge in [-0.05, 0) is 62.6 Å². The third kappa shape index (κ3) is 13.1. The Balaban J connectivity index is 1.77. The molecule has 0 radical (unpaired) electrons. The molecule has 9 nitrogen and oxygen atoms in total. The molecule has 0 saturated carbocycles. The minimum atomic E-state index is -0.987. The molecular formula is C37H47N3O6. The fourth-order valence-corrected chi connectivity index (χ4v) is 4.79. The van der Waals surface area contributed by atoms with Crippen molar-refractivity contribution in [3.8, 4) is 0 Å². The SMILES string of the molecule is CC(C)C[C@H](NC(=O)[C@H](CCc1ccccc1)NC(=O)OC(C)(C)C)C(=O)N[C@H](Cc1ccccc1)C(=O)OCc1ccccc1. The van der Waals surface area contributed by atoms with Crippen LogP contribution in [-0.2, 0) is 43.3 Å². The first kappa shape index (κ1) is 35.8. The Labute approximate surface area is 272 Å². The summed E-state index contributed by atoms with van der Waals surface area (Å²) < 4.78 is 11.0. The van der Waals surface area contributed by atoms with E-state index in [-0.39, 0.29) is 25.4 Å². The molecule has 3 N–H and O–H groups in total. The largest absolute Gasteiger partial charge is 0.459 e. The molecule has 0 saturated heterocycles. The van der Waals surface area contributed by atoms with E-state index in [1.54, 1.807) is 20.8 Å². The van der Waals surface area contributed by atoms with Crippen LogP contribution in [0.5, 0.6) is 0 Å². The van der Waals surface area contributed by atoms with Crippen molar-refractivity contribution in [3.05, 3.63) is 108 Å². The van der Waals surface area contributed by atoms with Crippen molar-refractivity contribution in [3.63, 3.8) is 0 Å². The fraction of sp³-hybridized carbons (Fsp3) is 0.405. The van der Waals surface area contributed by atoms with Gasteiger partial charge in [0.1, 0.15) is 30.3 Å². The highest BCUT2D eigenvalue weighted by atomic mass is 16.6. The van der Waals surface area contributed by atoms with Crippen molar-refractivity contribution in [2.45, 2.75) is 90.6 Å². The third-order valence-corrected chi connectivity index (χ3v) is 7.02. The Hall–Kier alpha value is -4.66. The standard InChI is InChI=1S/C37H47N3O6/c1-26(2)23-31(38-33(41)30(40-36(44)46-37(3,4)5)22-21-27-15-9-6-10-16-27)34(42)39-32(24-28-17-11-7-12-18-28)35(43)45-25-29-19-13-8-14-20-29/h6-20,26,30-32H,21-25H2,1-5H3,(H,38,41)(H,39,42)(H,40,44)/t30-,31-,32+/m0/s1. The average molecular weight is 630 g/mol. The topological polar surface area (TPSA) is 123 Å². The number of alkyl carbamates (subject to hydrolysis) is 1. The minimum Gasteiger partial charge on any atom is -0.459 e. The summed E-state index contributed by atoms with van der Waals surface area (Å²) in [5.41, 5.74) is 1.91. The van der Waals surface area contributed by atoms with Crippen molar-refractivity contribution in [2.75, 3.05) is 0 Å². The Morgan fingerprint density at radius 1 is 0.652 bits per heavy atom. The smallest absolute Gasteiger partial charge is 0.408 e. The highest BCUT2D eigenvalue weighted by Crippen LogP contribution is 2.13. The Kier molecular flexibility index (Phi) is 13.8. The van der Waals surface area contributed by atoms with Crippen LogP contribution in [0.25, 0.3) is 0 Å². The predicted molar refractivity (Wildman–Crippen MR) is 178 cm³/mol. The molecule has 0 fully saturated rings. The lowest BCUT2D eigenvalue weighted by atomic mass is 10.00. The molecule has 246 valence electrons. The second kappa shape index (κ2) is 17.7. The van der Waals surface area contributed by atoms with Crippen LogP contribution in [0.15, 0.2) is 91.0 Å². The van der Waals surface area contributed by atoms with Gasteiger partial charge >= 0.3 is 12.1 Å². The van der Waals surface area contributed by atoms with Crippen molar-refractivity contribution in [1.82, 2.24) is 16.0 Å². The number of nitrogens with one attached hydrogen (secondary N) is 3. The summed E-state index contributed by atoms with van der Waals surface area (Å²) >= 11 is 0. The lowest BCUT2D eigenvalue weighted by Gasteiger charge is -2.27. The Morgan fingerprint density at radius 2 is 1.15 bits per heavy atom. The number of rotatable bonds is 15. The van der Waals surface area contributed by atoms with Crippen LogP contribution in [0.2, 0.25) is 0 Å². The summed E-state index contributed by atoms with van der Waals surface area (Å²) in [4.78, 5) is 53.4. The number of hydrogen-bond acceptors (Lipinski definition) is 6. The molecular weight excluding hydrogens is 582 g/mol. The molecule has 9 heteroatoms. The molecule has 3 aromatic carbocycles. The van der Waals surface area contributed by atoms with Crippen LogP contribution in [0, 0.1) is 5.92 Å². The maximum absolute atomic E-state index is 13.8. The number of ether oxygens (including phenoxy) is 2. The summed E-state index contributed by atoms with van der Waals surface area (Å²) in [6.07, 6.45) is 0.597. The minimum absolute atomic E-state index is 0.0373. The van der Waals surface area contributed by atoms with Gasteiger partial charge in [-0.2, -0.15) is 0 Å². The summed E-state index contributed by atoms with van der Waals surface area (Å²) in [6, 6.07) is 25.3. The molecule has 0 aliphatic rings. The van der Waals surface area contributed by atoms with Gasteiger partial charge in [0.15, 0.2) is 0 Å². The van der Waals surface area contributed by atoms with Crippen LogP contribution < -0.4 is 16.0 Å². The van der Waals surface area contributed by atoms with Gasteiger partial charge in [0.25, 0.3) is 0 Å². The van der Waals surface area contributed by atoms with Gasteiger partial charge in [-0.15, -0.1) is 0 Å². The number of carbonyl (C=O) groups excluding carboxylic acids is 4. The van der Waals surface area contributed by atoms with E-state index >= 15 is 0 Å². The highest BCUT2D eigenvalue weighted by molar-refractivity contribution is 5.93. The molecule has 3 aromatic rings. The lowest BCUT2D eigenvalue weighted by Crippen LogP contribution is -2.56. The molecule has 0 spiro atoms. The highest BCUT2D eigenvalue weighted by Gasteiger charge is 2.31. The molecule has 3 atom stereocenters. The summed E-state index contributed by atoms with van der Waals surface area (Å²) in [5, 5.41) is 8.37. The van der Waals surface area contributed by atoms with Gasteiger partial charge in [-0.1, -0.05) is 105 Å². The molecule has 3 amide bonds. The van der Waals surface area contributed by atoms with Gasteiger partial charge in [-0.25, -0.2) is 9.59 Å². The summed E-state index contributed by atoms with van der Waals surface area (Å²) in [5.74, 6) is -1.58. The number of hydrogen-bond donors (Lipinski definition) is 3. The normalized spacial score (nSPS) is 13.2. The zero-order valence-corrected chi connectivity index (χ0v) is 27.5. The van der Waals surface area contributed by atoms with E-state index in [9.17, 15) is 19.2 Å². The van der Waals surface area contributed by atoms with Gasteiger partial charge in [0.05, 0.1) is 0 Å². The zero-order chi connectivity index (χ0) is 33.5. The average Bonchev–Trinajstić information content (AvgIpc) is 3.01. The maximum Gasteiger partial charge on any atom is 0.408 e. The summed E-state index contributed by atoms with van der Waals surface area (Å²) in [7, 11) is 0. The Morgan fingerprint density at radius 3 is 1.70 bits per heavy atom. The molecule has 0 heterocycles. The van der Waals surface area contributed by atoms with E-state index in [1.807, 2.05) is 105 Å². The number of esters is 1. The first-order valence-corrected chi connectivity index (χ1v) is 15.8. The van der Waals surface area contributed by atoms with E-state index in [1.165, 1.54) is 0 Å². The molecule has 0 aliphatic heterocycles. The van der Waals surface area contributed by atoms with Crippen LogP contribution in [0.4, 0.5) is 4.79 Å². The number of amides is 3.